The molecule has 1 amide bonds. The van der Waals surface area contributed by atoms with Gasteiger partial charge in [0.1, 0.15) is 12.4 Å². The highest BCUT2D eigenvalue weighted by Gasteiger charge is 2.10. The molecule has 1 heterocycles. The molecule has 0 aliphatic rings. The number of hydrogen-bond donors (Lipinski definition) is 1. The first kappa shape index (κ1) is 19.7. The molecule has 28 heavy (non-hydrogen) atoms. The number of nitrogens with one attached hydrogen (secondary N) is 1. The number of benzene rings is 2. The van der Waals surface area contributed by atoms with Crippen LogP contribution < -0.4 is 5.32 Å². The summed E-state index contributed by atoms with van der Waals surface area (Å²) >= 11 is 0. The molecule has 0 fully saturated rings. The highest BCUT2D eigenvalue weighted by molar-refractivity contribution is 5.75. The minimum Gasteiger partial charge on any atom is -0.354 e. The first-order valence-electron chi connectivity index (χ1n) is 9.32. The second-order valence-electron chi connectivity index (χ2n) is 7.10. The average molecular weight is 381 g/mol. The summed E-state index contributed by atoms with van der Waals surface area (Å²) in [5, 5.41) is 14.9. The van der Waals surface area contributed by atoms with E-state index in [9.17, 15) is 9.18 Å². The lowest BCUT2D eigenvalue weighted by Crippen LogP contribution is -2.30. The van der Waals surface area contributed by atoms with Crippen LogP contribution in [0.5, 0.6) is 0 Å². The summed E-state index contributed by atoms with van der Waals surface area (Å²) in [7, 11) is 0. The van der Waals surface area contributed by atoms with Crippen LogP contribution in [0.4, 0.5) is 4.39 Å². The van der Waals surface area contributed by atoms with Gasteiger partial charge in [0.05, 0.1) is 0 Å². The predicted molar refractivity (Wildman–Crippen MR) is 105 cm³/mol. The van der Waals surface area contributed by atoms with Gasteiger partial charge in [0.25, 0.3) is 0 Å². The number of nitrogens with zero attached hydrogens (tertiary/aromatic N) is 4. The van der Waals surface area contributed by atoms with Crippen LogP contribution in [0.1, 0.15) is 36.5 Å². The molecule has 0 unspecified atom stereocenters. The molecule has 0 radical (unpaired) electrons. The lowest BCUT2D eigenvalue weighted by Gasteiger charge is -2.08. The molecule has 0 atom stereocenters. The van der Waals surface area contributed by atoms with Gasteiger partial charge in [-0.1, -0.05) is 38.1 Å². The summed E-state index contributed by atoms with van der Waals surface area (Å²) in [5.74, 6) is 0.404. The molecule has 7 heteroatoms. The Hall–Kier alpha value is -3.09. The van der Waals surface area contributed by atoms with Crippen molar-refractivity contribution in [3.05, 3.63) is 65.0 Å². The summed E-state index contributed by atoms with van der Waals surface area (Å²) in [6.07, 6.45) is 0.759. The zero-order valence-corrected chi connectivity index (χ0v) is 16.3. The van der Waals surface area contributed by atoms with Gasteiger partial charge in [0.15, 0.2) is 0 Å². The van der Waals surface area contributed by atoms with Crippen molar-refractivity contribution >= 4 is 5.91 Å². The fraction of sp³-hybridized carbons (Fsp3) is 0.333. The van der Waals surface area contributed by atoms with Gasteiger partial charge in [0, 0.05) is 12.1 Å². The second kappa shape index (κ2) is 8.73. The normalized spacial score (nSPS) is 11.0. The van der Waals surface area contributed by atoms with Crippen LogP contribution in [0.15, 0.2) is 42.5 Å². The third kappa shape index (κ3) is 5.00. The number of aryl methyl sites for hydroxylation is 1. The summed E-state index contributed by atoms with van der Waals surface area (Å²) in [6, 6.07) is 13.1. The van der Waals surface area contributed by atoms with Crippen molar-refractivity contribution in [3.8, 4) is 11.4 Å². The maximum atomic E-state index is 13.4. The fourth-order valence-corrected chi connectivity index (χ4v) is 2.81. The van der Waals surface area contributed by atoms with Gasteiger partial charge in [-0.15, -0.1) is 10.2 Å². The number of carbonyl (C=O) groups excluding carboxylic acids is 1. The zero-order chi connectivity index (χ0) is 20.1. The van der Waals surface area contributed by atoms with Crippen molar-refractivity contribution in [1.29, 1.82) is 0 Å². The van der Waals surface area contributed by atoms with E-state index >= 15 is 0 Å². The maximum Gasteiger partial charge on any atom is 0.243 e. The minimum atomic E-state index is -0.283. The smallest absolute Gasteiger partial charge is 0.243 e. The van der Waals surface area contributed by atoms with Crippen molar-refractivity contribution in [3.63, 3.8) is 0 Å². The van der Waals surface area contributed by atoms with E-state index in [4.69, 9.17) is 0 Å². The van der Waals surface area contributed by atoms with Crippen molar-refractivity contribution in [2.24, 2.45) is 0 Å². The van der Waals surface area contributed by atoms with Gasteiger partial charge in [-0.3, -0.25) is 4.79 Å². The monoisotopic (exact) mass is 381 g/mol. The molecule has 0 spiro atoms. The van der Waals surface area contributed by atoms with Gasteiger partial charge in [0.2, 0.25) is 11.7 Å². The van der Waals surface area contributed by atoms with Crippen molar-refractivity contribution < 1.29 is 9.18 Å². The number of amides is 1. The molecule has 3 rings (SSSR count). The molecule has 0 saturated heterocycles. The standard InChI is InChI=1S/C21H24FN5O/c1-14(2)17-6-4-16(5-7-17)10-11-23-20(28)13-27-25-21(24-26-27)18-8-9-19(22)15(3)12-18/h4-9,12,14H,10-11,13H2,1-3H3,(H,23,28). The third-order valence-corrected chi connectivity index (χ3v) is 4.54. The highest BCUT2D eigenvalue weighted by Crippen LogP contribution is 2.17. The van der Waals surface area contributed by atoms with Gasteiger partial charge in [-0.05, 0) is 59.4 Å². The lowest BCUT2D eigenvalue weighted by molar-refractivity contribution is -0.122. The van der Waals surface area contributed by atoms with E-state index in [1.54, 1.807) is 19.1 Å². The Balaban J connectivity index is 1.50. The first-order valence-corrected chi connectivity index (χ1v) is 9.32. The van der Waals surface area contributed by atoms with Gasteiger partial charge < -0.3 is 5.32 Å². The van der Waals surface area contributed by atoms with Crippen LogP contribution in [0.3, 0.4) is 0 Å². The Kier molecular flexibility index (Phi) is 6.13. The number of aromatic nitrogens is 4. The summed E-state index contributed by atoms with van der Waals surface area (Å²) in [6.45, 7) is 6.53. The number of carbonyl (C=O) groups is 1. The molecule has 0 aliphatic carbocycles. The van der Waals surface area contributed by atoms with E-state index in [0.717, 1.165) is 6.42 Å². The van der Waals surface area contributed by atoms with E-state index in [1.807, 2.05) is 0 Å². The Morgan fingerprint density at radius 2 is 1.93 bits per heavy atom. The van der Waals surface area contributed by atoms with Gasteiger partial charge in [-0.2, -0.15) is 4.80 Å². The second-order valence-corrected chi connectivity index (χ2v) is 7.10. The van der Waals surface area contributed by atoms with Gasteiger partial charge >= 0.3 is 0 Å². The molecule has 146 valence electrons. The van der Waals surface area contributed by atoms with Crippen molar-refractivity contribution in [1.82, 2.24) is 25.5 Å². The fourth-order valence-electron chi connectivity index (χ4n) is 2.81. The largest absolute Gasteiger partial charge is 0.354 e. The molecular weight excluding hydrogens is 357 g/mol. The Morgan fingerprint density at radius 3 is 2.61 bits per heavy atom. The van der Waals surface area contributed by atoms with Crippen molar-refractivity contribution in [2.75, 3.05) is 6.54 Å². The van der Waals surface area contributed by atoms with E-state index < -0.39 is 0 Å². The van der Waals surface area contributed by atoms with E-state index in [1.165, 1.54) is 22.0 Å². The van der Waals surface area contributed by atoms with Crippen LogP contribution in [-0.4, -0.2) is 32.7 Å². The summed E-state index contributed by atoms with van der Waals surface area (Å²) in [5.41, 5.74) is 3.65. The predicted octanol–water partition coefficient (Wildman–Crippen LogP) is 3.27. The maximum absolute atomic E-state index is 13.4. The third-order valence-electron chi connectivity index (χ3n) is 4.54. The van der Waals surface area contributed by atoms with Crippen LogP contribution >= 0.6 is 0 Å². The van der Waals surface area contributed by atoms with Gasteiger partial charge in [-0.25, -0.2) is 4.39 Å². The minimum absolute atomic E-state index is 0.0144. The number of tetrazole rings is 1. The van der Waals surface area contributed by atoms with E-state index in [0.29, 0.717) is 29.4 Å². The van der Waals surface area contributed by atoms with Crippen LogP contribution in [-0.2, 0) is 17.8 Å². The molecule has 1 N–H and O–H groups in total. The molecule has 0 aliphatic heterocycles. The molecule has 0 saturated carbocycles. The number of rotatable bonds is 7. The Morgan fingerprint density at radius 1 is 1.18 bits per heavy atom. The molecule has 0 bridgehead atoms. The van der Waals surface area contributed by atoms with Crippen LogP contribution in [0.25, 0.3) is 11.4 Å². The van der Waals surface area contributed by atoms with Crippen molar-refractivity contribution in [2.45, 2.75) is 39.7 Å². The number of halogens is 1. The molecule has 2 aromatic carbocycles. The molecular formula is C21H24FN5O. The molecule has 1 aromatic heterocycles. The molecule has 6 nitrogen and oxygen atoms in total. The zero-order valence-electron chi connectivity index (χ0n) is 16.3. The lowest BCUT2D eigenvalue weighted by atomic mass is 10.0. The van der Waals surface area contributed by atoms with Crippen LogP contribution in [0.2, 0.25) is 0 Å². The van der Waals surface area contributed by atoms with Crippen LogP contribution in [0, 0.1) is 12.7 Å². The SMILES string of the molecule is Cc1cc(-c2nnn(CC(=O)NCCc3ccc(C(C)C)cc3)n2)ccc1F. The van der Waals surface area contributed by atoms with E-state index in [2.05, 4.69) is 58.8 Å². The molecule has 3 aromatic rings. The van der Waals surface area contributed by atoms with E-state index in [-0.39, 0.29) is 18.3 Å². The quantitative estimate of drug-likeness (QED) is 0.682. The number of hydrogen-bond acceptors (Lipinski definition) is 4. The Labute approximate surface area is 163 Å². The Bertz CT molecular complexity index is 950. The summed E-state index contributed by atoms with van der Waals surface area (Å²) in [4.78, 5) is 13.3. The highest BCUT2D eigenvalue weighted by atomic mass is 19.1. The average Bonchev–Trinajstić information content (AvgIpc) is 3.12. The topological polar surface area (TPSA) is 72.7 Å². The summed E-state index contributed by atoms with van der Waals surface area (Å²) < 4.78 is 13.4. The first-order chi connectivity index (χ1) is 13.4.